The number of unbranched alkanes of at least 4 members (excludes halogenated alkanes) is 30. The van der Waals surface area contributed by atoms with E-state index in [0.29, 0.717) is 6.42 Å². The van der Waals surface area contributed by atoms with Crippen LogP contribution >= 0.6 is 0 Å². The standard InChI is InChI=1S/C53H101NO13/c1-3-5-7-9-11-12-13-14-15-16-17-18-19-20-21-22-23-24-25-26-27-28-29-31-33-35-37-45(58)54-41(42(57)36-34-32-30-10-8-6-4-2)40-64-52-50(63)48(61)51(44(39-56)66-52)67-53-49(62)47(60)46(59)43(38-55)65-53/h34,36,41-44,46-53,55-57,59-63H,3-33,35,37-40H2,1-2H3,(H,54,58)/b36-34+. The molecule has 0 spiro atoms. The average Bonchev–Trinajstić information content (AvgIpc) is 3.32. The molecule has 0 aromatic heterocycles. The molecular formula is C53H101NO13. The fourth-order valence-corrected chi connectivity index (χ4v) is 9.23. The maximum absolute atomic E-state index is 13.1. The molecule has 2 aliphatic heterocycles. The van der Waals surface area contributed by atoms with Crippen LogP contribution in [0.2, 0.25) is 0 Å². The van der Waals surface area contributed by atoms with Crippen LogP contribution in [-0.4, -0.2) is 140 Å². The summed E-state index contributed by atoms with van der Waals surface area (Å²) in [6, 6.07) is -0.906. The van der Waals surface area contributed by atoms with Gasteiger partial charge in [-0.15, -0.1) is 0 Å². The van der Waals surface area contributed by atoms with E-state index in [0.717, 1.165) is 51.4 Å². The number of amides is 1. The quantitative estimate of drug-likeness (QED) is 0.0209. The van der Waals surface area contributed by atoms with E-state index in [9.17, 15) is 45.6 Å². The topological polar surface area (TPSA) is 228 Å². The molecule has 9 N–H and O–H groups in total. The van der Waals surface area contributed by atoms with Crippen LogP contribution in [0.25, 0.3) is 0 Å². The van der Waals surface area contributed by atoms with Crippen molar-refractivity contribution in [2.24, 2.45) is 0 Å². The molecule has 396 valence electrons. The Kier molecular flexibility index (Phi) is 37.2. The fourth-order valence-electron chi connectivity index (χ4n) is 9.23. The third-order valence-corrected chi connectivity index (χ3v) is 13.7. The number of ether oxygens (including phenoxy) is 4. The molecule has 0 radical (unpaired) electrons. The number of carbonyl (C=O) groups excluding carboxylic acids is 1. The number of rotatable bonds is 43. The van der Waals surface area contributed by atoms with Gasteiger partial charge in [0.1, 0.15) is 48.8 Å². The van der Waals surface area contributed by atoms with Gasteiger partial charge in [0.25, 0.3) is 0 Å². The van der Waals surface area contributed by atoms with Gasteiger partial charge in [0, 0.05) is 6.42 Å². The van der Waals surface area contributed by atoms with E-state index in [1.54, 1.807) is 6.08 Å². The van der Waals surface area contributed by atoms with Crippen LogP contribution in [0.4, 0.5) is 0 Å². The molecule has 0 aromatic carbocycles. The van der Waals surface area contributed by atoms with Gasteiger partial charge in [0.15, 0.2) is 12.6 Å². The van der Waals surface area contributed by atoms with Crippen molar-refractivity contribution in [1.29, 1.82) is 0 Å². The number of aliphatic hydroxyl groups excluding tert-OH is 8. The second-order valence-corrected chi connectivity index (χ2v) is 19.7. The first kappa shape index (κ1) is 61.8. The predicted molar refractivity (Wildman–Crippen MR) is 263 cm³/mol. The maximum Gasteiger partial charge on any atom is 0.220 e. The Morgan fingerprint density at radius 3 is 1.37 bits per heavy atom. The zero-order valence-electron chi connectivity index (χ0n) is 42.2. The summed E-state index contributed by atoms with van der Waals surface area (Å²) in [5, 5.41) is 86.5. The lowest BCUT2D eigenvalue weighted by Gasteiger charge is -2.46. The van der Waals surface area contributed by atoms with Gasteiger partial charge in [0.2, 0.25) is 5.91 Å². The van der Waals surface area contributed by atoms with Crippen LogP contribution in [0.3, 0.4) is 0 Å². The van der Waals surface area contributed by atoms with Crippen molar-refractivity contribution in [3.8, 4) is 0 Å². The predicted octanol–water partition coefficient (Wildman–Crippen LogP) is 7.94. The van der Waals surface area contributed by atoms with Gasteiger partial charge in [0.05, 0.1) is 32.0 Å². The number of nitrogens with one attached hydrogen (secondary N) is 1. The van der Waals surface area contributed by atoms with Crippen molar-refractivity contribution >= 4 is 5.91 Å². The molecule has 67 heavy (non-hydrogen) atoms. The summed E-state index contributed by atoms with van der Waals surface area (Å²) >= 11 is 0. The molecule has 0 saturated carbocycles. The van der Waals surface area contributed by atoms with Gasteiger partial charge in [-0.1, -0.05) is 212 Å². The average molecular weight is 960 g/mol. The van der Waals surface area contributed by atoms with Crippen LogP contribution < -0.4 is 5.32 Å². The lowest BCUT2D eigenvalue weighted by Crippen LogP contribution is -2.65. The van der Waals surface area contributed by atoms with Crippen LogP contribution in [0.15, 0.2) is 12.2 Å². The summed E-state index contributed by atoms with van der Waals surface area (Å²) < 4.78 is 22.6. The molecule has 2 saturated heterocycles. The summed E-state index contributed by atoms with van der Waals surface area (Å²) in [5.41, 5.74) is 0. The first-order chi connectivity index (χ1) is 32.6. The minimum Gasteiger partial charge on any atom is -0.394 e. The highest BCUT2D eigenvalue weighted by atomic mass is 16.7. The summed E-state index contributed by atoms with van der Waals surface area (Å²) in [4.78, 5) is 13.1. The summed E-state index contributed by atoms with van der Waals surface area (Å²) in [6.07, 6.45) is 27.4. The van der Waals surface area contributed by atoms with Crippen LogP contribution in [0, 0.1) is 0 Å². The number of hydrogen-bond donors (Lipinski definition) is 9. The molecule has 14 heteroatoms. The van der Waals surface area contributed by atoms with Gasteiger partial charge in [-0.25, -0.2) is 0 Å². The van der Waals surface area contributed by atoms with E-state index in [-0.39, 0.29) is 18.9 Å². The molecule has 2 heterocycles. The molecule has 14 nitrogen and oxygen atoms in total. The highest BCUT2D eigenvalue weighted by molar-refractivity contribution is 5.76. The molecule has 0 bridgehead atoms. The third-order valence-electron chi connectivity index (χ3n) is 13.7. The molecule has 1 amide bonds. The van der Waals surface area contributed by atoms with Crippen molar-refractivity contribution in [3.63, 3.8) is 0 Å². The SMILES string of the molecule is CCCCCCC/C=C/C(O)C(COC1OC(CO)C(OC2OC(CO)C(O)C(O)C2O)C(O)C1O)NC(=O)CCCCCCCCCCCCCCCCCCCCCCCCCCCC. The monoisotopic (exact) mass is 960 g/mol. The Morgan fingerprint density at radius 2 is 0.925 bits per heavy atom. The minimum absolute atomic E-state index is 0.240. The Bertz CT molecular complexity index is 1180. The summed E-state index contributed by atoms with van der Waals surface area (Å²) in [5.74, 6) is -0.240. The Labute approximate surface area is 406 Å². The second kappa shape index (κ2) is 40.3. The Hall–Kier alpha value is -1.27. The van der Waals surface area contributed by atoms with Gasteiger partial charge in [-0.3, -0.25) is 4.79 Å². The molecular weight excluding hydrogens is 859 g/mol. The molecule has 0 aliphatic carbocycles. The first-order valence-electron chi connectivity index (χ1n) is 27.4. The smallest absolute Gasteiger partial charge is 0.220 e. The molecule has 12 atom stereocenters. The number of aliphatic hydroxyl groups is 8. The molecule has 12 unspecified atom stereocenters. The molecule has 2 fully saturated rings. The van der Waals surface area contributed by atoms with E-state index in [1.807, 2.05) is 6.08 Å². The Balaban J connectivity index is 1.65. The number of allylic oxidation sites excluding steroid dienone is 1. The van der Waals surface area contributed by atoms with Gasteiger partial charge in [-0.2, -0.15) is 0 Å². The normalized spacial score (nSPS) is 26.6. The highest BCUT2D eigenvalue weighted by Crippen LogP contribution is 2.30. The zero-order chi connectivity index (χ0) is 48.9. The number of carbonyl (C=O) groups is 1. The summed E-state index contributed by atoms with van der Waals surface area (Å²) in [6.45, 7) is 2.74. The van der Waals surface area contributed by atoms with Crippen LogP contribution in [0.1, 0.15) is 226 Å². The first-order valence-corrected chi connectivity index (χ1v) is 27.4. The summed E-state index contributed by atoms with van der Waals surface area (Å²) in [7, 11) is 0. The van der Waals surface area contributed by atoms with E-state index < -0.39 is 86.8 Å². The lowest BCUT2D eigenvalue weighted by atomic mass is 9.97. The fraction of sp³-hybridized carbons (Fsp3) is 0.943. The Morgan fingerprint density at radius 1 is 0.522 bits per heavy atom. The van der Waals surface area contributed by atoms with E-state index >= 15 is 0 Å². The third kappa shape index (κ3) is 27.2. The second-order valence-electron chi connectivity index (χ2n) is 19.7. The zero-order valence-corrected chi connectivity index (χ0v) is 42.2. The van der Waals surface area contributed by atoms with Gasteiger partial charge >= 0.3 is 0 Å². The van der Waals surface area contributed by atoms with Crippen molar-refractivity contribution in [3.05, 3.63) is 12.2 Å². The van der Waals surface area contributed by atoms with Crippen LogP contribution in [0.5, 0.6) is 0 Å². The van der Waals surface area contributed by atoms with Gasteiger partial charge < -0.3 is 65.1 Å². The molecule has 2 aliphatic rings. The van der Waals surface area contributed by atoms with Crippen molar-refractivity contribution in [2.75, 3.05) is 19.8 Å². The lowest BCUT2D eigenvalue weighted by molar-refractivity contribution is -0.359. The minimum atomic E-state index is -1.78. The highest BCUT2D eigenvalue weighted by Gasteiger charge is 2.51. The van der Waals surface area contributed by atoms with Gasteiger partial charge in [-0.05, 0) is 19.3 Å². The van der Waals surface area contributed by atoms with E-state index in [4.69, 9.17) is 18.9 Å². The maximum atomic E-state index is 13.1. The van der Waals surface area contributed by atoms with Crippen molar-refractivity contribution in [2.45, 2.75) is 299 Å². The molecule has 0 aromatic rings. The van der Waals surface area contributed by atoms with Crippen molar-refractivity contribution in [1.82, 2.24) is 5.32 Å². The molecule has 2 rings (SSSR count). The van der Waals surface area contributed by atoms with E-state index in [2.05, 4.69) is 19.2 Å². The van der Waals surface area contributed by atoms with Crippen LogP contribution in [-0.2, 0) is 23.7 Å². The number of hydrogen-bond acceptors (Lipinski definition) is 13. The largest absolute Gasteiger partial charge is 0.394 e. The van der Waals surface area contributed by atoms with E-state index in [1.165, 1.54) is 148 Å². The van der Waals surface area contributed by atoms with Crippen molar-refractivity contribution < 1.29 is 64.6 Å².